The summed E-state index contributed by atoms with van der Waals surface area (Å²) in [6.45, 7) is 12.9. The first kappa shape index (κ1) is 21.0. The van der Waals surface area contributed by atoms with E-state index in [-0.39, 0.29) is 12.5 Å². The van der Waals surface area contributed by atoms with Crippen LogP contribution < -0.4 is 0 Å². The first-order valence-corrected chi connectivity index (χ1v) is 9.67. The molecule has 0 fully saturated rings. The molecule has 0 rings (SSSR count). The van der Waals surface area contributed by atoms with Gasteiger partial charge in [-0.2, -0.15) is 0 Å². The van der Waals surface area contributed by atoms with Gasteiger partial charge in [0.25, 0.3) is 0 Å². The molecular formula is C15H35NO4Si. The van der Waals surface area contributed by atoms with Gasteiger partial charge in [0.1, 0.15) is 12.5 Å². The van der Waals surface area contributed by atoms with E-state index in [9.17, 15) is 0 Å². The first-order chi connectivity index (χ1) is 10.0. The van der Waals surface area contributed by atoms with E-state index in [1.165, 1.54) is 0 Å². The Hall–Kier alpha value is 0.0169. The molecule has 21 heavy (non-hydrogen) atoms. The maximum absolute atomic E-state index is 5.79. The summed E-state index contributed by atoms with van der Waals surface area (Å²) in [5, 5.41) is 0. The Balaban J connectivity index is 4.28. The molecule has 3 unspecified atom stereocenters. The zero-order valence-electron chi connectivity index (χ0n) is 14.9. The second-order valence-electron chi connectivity index (χ2n) is 5.31. The Morgan fingerprint density at radius 3 is 1.76 bits per heavy atom. The largest absolute Gasteiger partial charge is 0.397 e. The molecule has 0 aromatic heterocycles. The van der Waals surface area contributed by atoms with Gasteiger partial charge >= 0.3 is 9.28 Å². The molecule has 0 aliphatic heterocycles. The predicted octanol–water partition coefficient (Wildman–Crippen LogP) is 2.74. The van der Waals surface area contributed by atoms with E-state index in [0.29, 0.717) is 5.54 Å². The van der Waals surface area contributed by atoms with Gasteiger partial charge in [-0.05, 0) is 46.1 Å². The number of rotatable bonds is 13. The van der Waals surface area contributed by atoms with Crippen LogP contribution in [0.25, 0.3) is 0 Å². The van der Waals surface area contributed by atoms with Gasteiger partial charge in [0.15, 0.2) is 0 Å². The van der Waals surface area contributed by atoms with E-state index in [1.807, 2.05) is 13.8 Å². The molecule has 0 aliphatic rings. The van der Waals surface area contributed by atoms with Crippen LogP contribution in [0, 0.1) is 0 Å². The van der Waals surface area contributed by atoms with Gasteiger partial charge in [-0.15, -0.1) is 0 Å². The van der Waals surface area contributed by atoms with Crippen molar-refractivity contribution < 1.29 is 18.3 Å². The third-order valence-electron chi connectivity index (χ3n) is 3.82. The minimum absolute atomic E-state index is 0.0575. The highest BCUT2D eigenvalue weighted by molar-refractivity contribution is 6.46. The summed E-state index contributed by atoms with van der Waals surface area (Å²) in [6, 6.07) is 0. The Bertz CT molecular complexity index is 230. The Labute approximate surface area is 132 Å². The molecule has 0 saturated heterocycles. The van der Waals surface area contributed by atoms with Crippen molar-refractivity contribution >= 4 is 9.28 Å². The molecule has 0 bridgehead atoms. The second kappa shape index (κ2) is 12.5. The van der Waals surface area contributed by atoms with E-state index in [4.69, 9.17) is 18.3 Å². The molecule has 5 nitrogen and oxygen atoms in total. The molecule has 0 aromatic carbocycles. The average molecular weight is 322 g/mol. The van der Waals surface area contributed by atoms with Crippen molar-refractivity contribution in [3.05, 3.63) is 0 Å². The third-order valence-corrected chi connectivity index (χ3v) is 6.40. The van der Waals surface area contributed by atoms with Crippen molar-refractivity contribution in [3.8, 4) is 0 Å². The molecule has 0 spiro atoms. The summed E-state index contributed by atoms with van der Waals surface area (Å²) in [4.78, 5) is 2.23. The Morgan fingerprint density at radius 2 is 1.38 bits per heavy atom. The van der Waals surface area contributed by atoms with Crippen molar-refractivity contribution in [2.75, 3.05) is 34.0 Å². The quantitative estimate of drug-likeness (QED) is 0.385. The van der Waals surface area contributed by atoms with Crippen LogP contribution in [0.4, 0.5) is 0 Å². The molecule has 0 radical (unpaired) electrons. The minimum Gasteiger partial charge on any atom is -0.397 e. The molecule has 0 heterocycles. The van der Waals surface area contributed by atoms with Gasteiger partial charge in [0.2, 0.25) is 0 Å². The smallest absolute Gasteiger partial charge is 0.324 e. The van der Waals surface area contributed by atoms with Crippen LogP contribution in [0.15, 0.2) is 0 Å². The van der Waals surface area contributed by atoms with Crippen LogP contribution >= 0.6 is 0 Å². The second-order valence-corrected chi connectivity index (χ2v) is 7.85. The van der Waals surface area contributed by atoms with Gasteiger partial charge in [-0.25, -0.2) is 0 Å². The molecule has 0 aliphatic carbocycles. The summed E-state index contributed by atoms with van der Waals surface area (Å²) in [5.74, 6) is 0. The fourth-order valence-corrected chi connectivity index (χ4v) is 4.29. The molecule has 3 atom stereocenters. The van der Waals surface area contributed by atoms with Crippen LogP contribution in [0.1, 0.15) is 47.5 Å². The molecule has 0 saturated carbocycles. The summed E-state index contributed by atoms with van der Waals surface area (Å²) < 4.78 is 22.4. The van der Waals surface area contributed by atoms with E-state index in [2.05, 4.69) is 25.7 Å². The summed E-state index contributed by atoms with van der Waals surface area (Å²) in [6.07, 6.45) is 2.32. The zero-order chi connectivity index (χ0) is 16.3. The van der Waals surface area contributed by atoms with Crippen LogP contribution in [0.2, 0.25) is 5.54 Å². The average Bonchev–Trinajstić information content (AvgIpc) is 2.49. The summed E-state index contributed by atoms with van der Waals surface area (Å²) in [7, 11) is 1.93. The van der Waals surface area contributed by atoms with E-state index < -0.39 is 9.28 Å². The number of methoxy groups -OCH3 is 2. The van der Waals surface area contributed by atoms with Gasteiger partial charge in [0, 0.05) is 34.0 Å². The fourth-order valence-electron chi connectivity index (χ4n) is 2.37. The highest BCUT2D eigenvalue weighted by Crippen LogP contribution is 2.20. The maximum atomic E-state index is 5.79. The highest BCUT2D eigenvalue weighted by Gasteiger charge is 2.23. The van der Waals surface area contributed by atoms with Gasteiger partial charge < -0.3 is 18.3 Å². The number of hydrogen-bond donors (Lipinski definition) is 0. The monoisotopic (exact) mass is 321 g/mol. The lowest BCUT2D eigenvalue weighted by molar-refractivity contribution is -0.117. The summed E-state index contributed by atoms with van der Waals surface area (Å²) >= 11 is 0. The lowest BCUT2D eigenvalue weighted by atomic mass is 10.2. The lowest BCUT2D eigenvalue weighted by Crippen LogP contribution is -2.43. The van der Waals surface area contributed by atoms with Gasteiger partial charge in [-0.1, -0.05) is 6.92 Å². The molecule has 0 aromatic rings. The third kappa shape index (κ3) is 8.28. The molecule has 6 heteroatoms. The van der Waals surface area contributed by atoms with Crippen LogP contribution in [0.3, 0.4) is 0 Å². The van der Waals surface area contributed by atoms with Crippen molar-refractivity contribution in [2.45, 2.75) is 65.5 Å². The molecule has 0 amide bonds. The van der Waals surface area contributed by atoms with Crippen LogP contribution in [-0.2, 0) is 18.3 Å². The lowest BCUT2D eigenvalue weighted by Gasteiger charge is -2.33. The van der Waals surface area contributed by atoms with Crippen LogP contribution in [0.5, 0.6) is 0 Å². The maximum Gasteiger partial charge on any atom is 0.324 e. The molecule has 0 N–H and O–H groups in total. The van der Waals surface area contributed by atoms with E-state index >= 15 is 0 Å². The van der Waals surface area contributed by atoms with Crippen molar-refractivity contribution in [3.63, 3.8) is 0 Å². The predicted molar refractivity (Wildman–Crippen MR) is 88.7 cm³/mol. The SMILES string of the molecule is CCO[SiH](OCC)C(C)CCCN(C(C)OC)C(C)OC. The normalized spacial score (nSPS) is 16.4. The van der Waals surface area contributed by atoms with E-state index in [1.54, 1.807) is 14.2 Å². The van der Waals surface area contributed by atoms with Crippen molar-refractivity contribution in [2.24, 2.45) is 0 Å². The zero-order valence-corrected chi connectivity index (χ0v) is 16.1. The minimum atomic E-state index is -1.54. The number of ether oxygens (including phenoxy) is 2. The number of nitrogens with zero attached hydrogens (tertiary/aromatic N) is 1. The highest BCUT2D eigenvalue weighted by atomic mass is 28.3. The first-order valence-electron chi connectivity index (χ1n) is 8.06. The van der Waals surface area contributed by atoms with Gasteiger partial charge in [0.05, 0.1) is 0 Å². The number of hydrogen-bond acceptors (Lipinski definition) is 5. The van der Waals surface area contributed by atoms with Crippen molar-refractivity contribution in [1.82, 2.24) is 4.90 Å². The summed E-state index contributed by atoms with van der Waals surface area (Å²) in [5.41, 5.74) is 0.516. The topological polar surface area (TPSA) is 40.2 Å². The standard InChI is InChI=1S/C15H35NO4Si/c1-8-19-21(20-9-2)13(3)11-10-12-16(14(4)17-6)15(5)18-7/h13-15,21H,8-12H2,1-7H3. The van der Waals surface area contributed by atoms with Gasteiger partial charge in [-0.3, -0.25) is 4.90 Å². The Kier molecular flexibility index (Phi) is 12.6. The van der Waals surface area contributed by atoms with Crippen molar-refractivity contribution in [1.29, 1.82) is 0 Å². The van der Waals surface area contributed by atoms with Crippen LogP contribution in [-0.4, -0.2) is 60.6 Å². The Morgan fingerprint density at radius 1 is 0.905 bits per heavy atom. The fraction of sp³-hybridized carbons (Fsp3) is 1.00. The molecular weight excluding hydrogens is 286 g/mol. The van der Waals surface area contributed by atoms with E-state index in [0.717, 1.165) is 32.6 Å². The molecule has 128 valence electrons.